The van der Waals surface area contributed by atoms with Crippen molar-refractivity contribution in [2.45, 2.75) is 19.2 Å². The zero-order valence-corrected chi connectivity index (χ0v) is 12.1. The van der Waals surface area contributed by atoms with Gasteiger partial charge in [0.25, 0.3) is 0 Å². The lowest BCUT2D eigenvalue weighted by Gasteiger charge is -2.06. The van der Waals surface area contributed by atoms with Gasteiger partial charge in [-0.15, -0.1) is 0 Å². The summed E-state index contributed by atoms with van der Waals surface area (Å²) < 4.78 is 31.4. The predicted octanol–water partition coefficient (Wildman–Crippen LogP) is 1.30. The van der Waals surface area contributed by atoms with E-state index in [2.05, 4.69) is 9.71 Å². The van der Waals surface area contributed by atoms with E-state index < -0.39 is 16.0 Å². The van der Waals surface area contributed by atoms with Gasteiger partial charge in [-0.1, -0.05) is 12.1 Å². The number of aromatic nitrogens is 1. The third kappa shape index (κ3) is 4.40. The third-order valence-corrected chi connectivity index (χ3v) is 3.94. The van der Waals surface area contributed by atoms with E-state index in [0.29, 0.717) is 11.3 Å². The normalized spacial score (nSPS) is 11.5. The molecule has 0 spiro atoms. The highest BCUT2D eigenvalue weighted by atomic mass is 32.2. The standard InChI is InChI=1S/C13H14N2O5S/c1-9-6-14-12(20-9)7-15-21(18,19)8-10-3-2-4-11(5-10)13(16)17/h2-6,15H,7-8H2,1H3,(H,16,17). The van der Waals surface area contributed by atoms with Crippen LogP contribution in [0.1, 0.15) is 27.6 Å². The van der Waals surface area contributed by atoms with Crippen LogP contribution in [0.2, 0.25) is 0 Å². The number of aromatic carboxylic acids is 1. The van der Waals surface area contributed by atoms with Crippen LogP contribution >= 0.6 is 0 Å². The first-order valence-corrected chi connectivity index (χ1v) is 7.72. The van der Waals surface area contributed by atoms with E-state index in [-0.39, 0.29) is 23.8 Å². The minimum Gasteiger partial charge on any atom is -0.478 e. The average Bonchev–Trinajstić information content (AvgIpc) is 2.82. The second-order valence-electron chi connectivity index (χ2n) is 4.45. The molecule has 2 rings (SSSR count). The Bertz CT molecular complexity index is 751. The second-order valence-corrected chi connectivity index (χ2v) is 6.26. The lowest BCUT2D eigenvalue weighted by molar-refractivity contribution is 0.0696. The summed E-state index contributed by atoms with van der Waals surface area (Å²) in [6.07, 6.45) is 1.50. The van der Waals surface area contributed by atoms with Crippen molar-refractivity contribution in [2.75, 3.05) is 0 Å². The summed E-state index contributed by atoms with van der Waals surface area (Å²) in [4.78, 5) is 14.7. The fourth-order valence-electron chi connectivity index (χ4n) is 1.72. The van der Waals surface area contributed by atoms with Gasteiger partial charge >= 0.3 is 5.97 Å². The number of carboxylic acid groups (broad SMARTS) is 1. The maximum atomic E-state index is 11.9. The molecule has 0 aliphatic heterocycles. The SMILES string of the molecule is Cc1cnc(CNS(=O)(=O)Cc2cccc(C(=O)O)c2)o1. The number of nitrogens with zero attached hydrogens (tertiary/aromatic N) is 1. The largest absolute Gasteiger partial charge is 0.478 e. The van der Waals surface area contributed by atoms with Gasteiger partial charge in [-0.25, -0.2) is 22.9 Å². The molecule has 21 heavy (non-hydrogen) atoms. The molecule has 0 atom stereocenters. The van der Waals surface area contributed by atoms with Crippen molar-refractivity contribution in [3.05, 3.63) is 53.2 Å². The molecule has 7 nitrogen and oxygen atoms in total. The molecule has 1 aromatic carbocycles. The van der Waals surface area contributed by atoms with E-state index >= 15 is 0 Å². The summed E-state index contributed by atoms with van der Waals surface area (Å²) in [5, 5.41) is 8.88. The number of benzene rings is 1. The Balaban J connectivity index is 2.03. The number of nitrogens with one attached hydrogen (secondary N) is 1. The van der Waals surface area contributed by atoms with Gasteiger partial charge in [-0.3, -0.25) is 0 Å². The summed E-state index contributed by atoms with van der Waals surface area (Å²) in [5.41, 5.74) is 0.442. The highest BCUT2D eigenvalue weighted by molar-refractivity contribution is 7.88. The second kappa shape index (κ2) is 6.06. The van der Waals surface area contributed by atoms with E-state index in [1.54, 1.807) is 13.0 Å². The first-order valence-electron chi connectivity index (χ1n) is 6.06. The molecule has 1 aromatic heterocycles. The van der Waals surface area contributed by atoms with E-state index in [9.17, 15) is 13.2 Å². The number of rotatable bonds is 6. The Kier molecular flexibility index (Phi) is 4.39. The van der Waals surface area contributed by atoms with Crippen molar-refractivity contribution in [3.8, 4) is 0 Å². The minimum atomic E-state index is -3.61. The van der Waals surface area contributed by atoms with Gasteiger partial charge < -0.3 is 9.52 Å². The van der Waals surface area contributed by atoms with Crippen LogP contribution in [0.5, 0.6) is 0 Å². The molecule has 0 bridgehead atoms. The number of sulfonamides is 1. The molecule has 2 aromatic rings. The maximum Gasteiger partial charge on any atom is 0.335 e. The summed E-state index contributed by atoms with van der Waals surface area (Å²) in [6.45, 7) is 1.66. The molecule has 0 saturated heterocycles. The monoisotopic (exact) mass is 310 g/mol. The Hall–Kier alpha value is -2.19. The summed E-state index contributed by atoms with van der Waals surface area (Å²) in [5.74, 6) is -0.542. The van der Waals surface area contributed by atoms with E-state index in [1.807, 2.05) is 0 Å². The zero-order valence-electron chi connectivity index (χ0n) is 11.2. The van der Waals surface area contributed by atoms with Crippen molar-refractivity contribution in [1.82, 2.24) is 9.71 Å². The number of hydrogen-bond donors (Lipinski definition) is 2. The van der Waals surface area contributed by atoms with Gasteiger partial charge in [0.1, 0.15) is 5.76 Å². The van der Waals surface area contributed by atoms with Gasteiger partial charge in [-0.2, -0.15) is 0 Å². The Morgan fingerprint density at radius 3 is 2.81 bits per heavy atom. The van der Waals surface area contributed by atoms with Crippen molar-refractivity contribution in [2.24, 2.45) is 0 Å². The van der Waals surface area contributed by atoms with Crippen LogP contribution in [0.4, 0.5) is 0 Å². The first kappa shape index (κ1) is 15.2. The van der Waals surface area contributed by atoms with Crippen LogP contribution < -0.4 is 4.72 Å². The lowest BCUT2D eigenvalue weighted by atomic mass is 10.1. The first-order chi connectivity index (χ1) is 9.85. The zero-order chi connectivity index (χ0) is 15.5. The number of carbonyl (C=O) groups is 1. The predicted molar refractivity (Wildman–Crippen MR) is 74.1 cm³/mol. The molecule has 0 amide bonds. The van der Waals surface area contributed by atoms with Crippen molar-refractivity contribution < 1.29 is 22.7 Å². The van der Waals surface area contributed by atoms with E-state index in [4.69, 9.17) is 9.52 Å². The van der Waals surface area contributed by atoms with Crippen LogP contribution in [0.25, 0.3) is 0 Å². The van der Waals surface area contributed by atoms with Crippen molar-refractivity contribution in [3.63, 3.8) is 0 Å². The molecule has 0 fully saturated rings. The maximum absolute atomic E-state index is 11.9. The minimum absolute atomic E-state index is 0.0468. The molecule has 0 radical (unpaired) electrons. The molecule has 0 saturated carbocycles. The fourth-order valence-corrected chi connectivity index (χ4v) is 2.78. The molecular formula is C13H14N2O5S. The van der Waals surface area contributed by atoms with Crippen LogP contribution in [0, 0.1) is 6.92 Å². The molecular weight excluding hydrogens is 296 g/mol. The highest BCUT2D eigenvalue weighted by Gasteiger charge is 2.14. The molecule has 0 aliphatic rings. The summed E-state index contributed by atoms with van der Waals surface area (Å²) in [7, 11) is -3.61. The van der Waals surface area contributed by atoms with Gasteiger partial charge in [0.2, 0.25) is 15.9 Å². The van der Waals surface area contributed by atoms with Crippen LogP contribution in [0.3, 0.4) is 0 Å². The molecule has 0 aliphatic carbocycles. The number of hydrogen-bond acceptors (Lipinski definition) is 5. The van der Waals surface area contributed by atoms with Crippen LogP contribution in [0.15, 0.2) is 34.9 Å². The highest BCUT2D eigenvalue weighted by Crippen LogP contribution is 2.09. The number of aryl methyl sites for hydroxylation is 1. The Morgan fingerprint density at radius 1 is 1.43 bits per heavy atom. The summed E-state index contributed by atoms with van der Waals surface area (Å²) in [6, 6.07) is 5.80. The van der Waals surface area contributed by atoms with E-state index in [0.717, 1.165) is 0 Å². The van der Waals surface area contributed by atoms with Gasteiger partial charge in [0, 0.05) is 0 Å². The van der Waals surface area contributed by atoms with Crippen molar-refractivity contribution >= 4 is 16.0 Å². The van der Waals surface area contributed by atoms with Crippen LogP contribution in [-0.2, 0) is 22.3 Å². The van der Waals surface area contributed by atoms with Crippen molar-refractivity contribution in [1.29, 1.82) is 0 Å². The van der Waals surface area contributed by atoms with Gasteiger partial charge in [0.15, 0.2) is 0 Å². The molecule has 1 heterocycles. The Labute approximate surface area is 121 Å². The topological polar surface area (TPSA) is 110 Å². The van der Waals surface area contributed by atoms with E-state index in [1.165, 1.54) is 24.4 Å². The number of oxazole rings is 1. The fraction of sp³-hybridized carbons (Fsp3) is 0.231. The smallest absolute Gasteiger partial charge is 0.335 e. The molecule has 8 heteroatoms. The van der Waals surface area contributed by atoms with Gasteiger partial charge in [-0.05, 0) is 24.6 Å². The molecule has 2 N–H and O–H groups in total. The van der Waals surface area contributed by atoms with Gasteiger partial charge in [0.05, 0.1) is 24.1 Å². The quantitative estimate of drug-likeness (QED) is 0.832. The number of carboxylic acids is 1. The Morgan fingerprint density at radius 2 is 2.19 bits per heavy atom. The average molecular weight is 310 g/mol. The third-order valence-electron chi connectivity index (χ3n) is 2.64. The summed E-state index contributed by atoms with van der Waals surface area (Å²) >= 11 is 0. The molecule has 112 valence electrons. The molecule has 0 unspecified atom stereocenters. The lowest BCUT2D eigenvalue weighted by Crippen LogP contribution is -2.25. The van der Waals surface area contributed by atoms with Crippen LogP contribution in [-0.4, -0.2) is 24.5 Å².